The number of methoxy groups -OCH3 is 3. The Bertz CT molecular complexity index is 1530. The third-order valence-electron chi connectivity index (χ3n) is 9.26. The Kier molecular flexibility index (Phi) is 10.3. The van der Waals surface area contributed by atoms with E-state index in [0.717, 1.165) is 24.0 Å². The van der Waals surface area contributed by atoms with Gasteiger partial charge in [-0.05, 0) is 79.7 Å². The lowest BCUT2D eigenvalue weighted by molar-refractivity contribution is -0.140. The van der Waals surface area contributed by atoms with E-state index in [1.54, 1.807) is 26.4 Å². The topological polar surface area (TPSA) is 132 Å². The smallest absolute Gasteiger partial charge is 0.339 e. The van der Waals surface area contributed by atoms with Gasteiger partial charge in [0.1, 0.15) is 0 Å². The third kappa shape index (κ3) is 7.12. The number of benzene rings is 2. The van der Waals surface area contributed by atoms with Crippen molar-refractivity contribution in [2.75, 3.05) is 47.5 Å². The summed E-state index contributed by atoms with van der Waals surface area (Å²) in [6.07, 6.45) is 4.58. The molecule has 3 aliphatic rings. The van der Waals surface area contributed by atoms with Gasteiger partial charge in [-0.25, -0.2) is 13.2 Å². The van der Waals surface area contributed by atoms with Crippen LogP contribution in [0, 0.1) is 11.8 Å². The van der Waals surface area contributed by atoms with Crippen LogP contribution in [-0.2, 0) is 37.2 Å². The van der Waals surface area contributed by atoms with Gasteiger partial charge in [-0.3, -0.25) is 9.59 Å². The Labute approximate surface area is 265 Å². The van der Waals surface area contributed by atoms with Gasteiger partial charge in [-0.2, -0.15) is 4.31 Å². The lowest BCUT2D eigenvalue weighted by Crippen LogP contribution is -2.60. The number of carbonyl (C=O) groups is 3. The number of fused-ring (bicyclic) bond motifs is 6. The molecule has 0 saturated carbocycles. The van der Waals surface area contributed by atoms with Crippen molar-refractivity contribution in [2.24, 2.45) is 11.8 Å². The maximum atomic E-state index is 13.9. The number of piperidine rings is 2. The second kappa shape index (κ2) is 14.2. The molecule has 2 aromatic carbocycles. The molecule has 3 heterocycles. The molecule has 244 valence electrons. The van der Waals surface area contributed by atoms with Crippen LogP contribution in [0.15, 0.2) is 41.3 Å². The first-order chi connectivity index (χ1) is 21.7. The first-order valence-electron chi connectivity index (χ1n) is 15.6. The summed E-state index contributed by atoms with van der Waals surface area (Å²) >= 11 is 0. The minimum Gasteiger partial charge on any atom is -0.493 e. The number of carbonyl (C=O) groups excluding carboxylic acids is 3. The molecule has 11 nitrogen and oxygen atoms in total. The summed E-state index contributed by atoms with van der Waals surface area (Å²) in [7, 11) is 0.422. The number of esters is 1. The number of ether oxygens (including phenoxy) is 3. The van der Waals surface area contributed by atoms with E-state index in [1.165, 1.54) is 23.5 Å². The summed E-state index contributed by atoms with van der Waals surface area (Å²) in [6, 6.07) is 9.86. The Morgan fingerprint density at radius 3 is 2.49 bits per heavy atom. The van der Waals surface area contributed by atoms with Crippen LogP contribution in [0.1, 0.15) is 60.0 Å². The van der Waals surface area contributed by atoms with Crippen LogP contribution in [0.3, 0.4) is 0 Å². The van der Waals surface area contributed by atoms with Gasteiger partial charge < -0.3 is 24.4 Å². The summed E-state index contributed by atoms with van der Waals surface area (Å²) in [4.78, 5) is 40.8. The molecule has 2 aromatic rings. The molecule has 2 fully saturated rings. The second-order valence-corrected chi connectivity index (χ2v) is 14.0. The Hall–Kier alpha value is -3.64. The van der Waals surface area contributed by atoms with Crippen molar-refractivity contribution >= 4 is 27.8 Å². The predicted octanol–water partition coefficient (Wildman–Crippen LogP) is 3.19. The molecule has 3 aliphatic heterocycles. The number of nitrogens with one attached hydrogen (secondary N) is 1. The Morgan fingerprint density at radius 2 is 1.73 bits per heavy atom. The van der Waals surface area contributed by atoms with Crippen LogP contribution in [0.25, 0.3) is 0 Å². The SMILES string of the molecule is COC(=O)c1ccccc1S(=O)(=O)N1C[C@@H]2C[C@H](C1)[C@@H]1CCCC(=O)NCCCc3cc(cc(OC)c3OC)CCC(=O)N1C2. The first-order valence-corrected chi connectivity index (χ1v) is 17.1. The van der Waals surface area contributed by atoms with E-state index in [4.69, 9.17) is 14.2 Å². The van der Waals surface area contributed by atoms with Crippen LogP contribution in [0.2, 0.25) is 0 Å². The number of nitrogens with zero attached hydrogens (tertiary/aromatic N) is 2. The van der Waals surface area contributed by atoms with E-state index in [-0.39, 0.29) is 53.2 Å². The maximum absolute atomic E-state index is 13.9. The zero-order chi connectivity index (χ0) is 32.1. The molecule has 1 N–H and O–H groups in total. The molecule has 0 radical (unpaired) electrons. The second-order valence-electron chi connectivity index (χ2n) is 12.1. The fourth-order valence-corrected chi connectivity index (χ4v) is 8.92. The highest BCUT2D eigenvalue weighted by Crippen LogP contribution is 2.39. The Morgan fingerprint density at radius 1 is 0.933 bits per heavy atom. The number of aryl methyl sites for hydroxylation is 2. The zero-order valence-corrected chi connectivity index (χ0v) is 27.1. The highest BCUT2D eigenvalue weighted by molar-refractivity contribution is 7.89. The largest absolute Gasteiger partial charge is 0.493 e. The highest BCUT2D eigenvalue weighted by atomic mass is 32.2. The van der Waals surface area contributed by atoms with Crippen molar-refractivity contribution in [2.45, 2.75) is 62.3 Å². The molecule has 4 bridgehead atoms. The van der Waals surface area contributed by atoms with Crippen molar-refractivity contribution in [3.63, 3.8) is 0 Å². The number of rotatable bonds is 5. The van der Waals surface area contributed by atoms with E-state index in [9.17, 15) is 22.8 Å². The van der Waals surface area contributed by atoms with E-state index >= 15 is 0 Å². The average Bonchev–Trinajstić information content (AvgIpc) is 3.05. The quantitative estimate of drug-likeness (QED) is 0.493. The van der Waals surface area contributed by atoms with Crippen molar-refractivity contribution in [1.29, 1.82) is 0 Å². The highest BCUT2D eigenvalue weighted by Gasteiger charge is 2.45. The fraction of sp³-hybridized carbons (Fsp3) is 0.545. The normalized spacial score (nSPS) is 23.4. The molecular formula is C33H43N3O8S. The van der Waals surface area contributed by atoms with Gasteiger partial charge in [-0.15, -0.1) is 0 Å². The van der Waals surface area contributed by atoms with Crippen molar-refractivity contribution in [1.82, 2.24) is 14.5 Å². The number of amides is 2. The number of hydrogen-bond donors (Lipinski definition) is 1. The monoisotopic (exact) mass is 641 g/mol. The summed E-state index contributed by atoms with van der Waals surface area (Å²) in [6.45, 7) is 1.46. The predicted molar refractivity (Wildman–Crippen MR) is 167 cm³/mol. The zero-order valence-electron chi connectivity index (χ0n) is 26.3. The standard InChI is InChI=1S/C33H43N3O8S/c1-42-28-18-22-13-14-31(38)36-20-23-17-25(21-35(19-23)45(40,41)29-11-5-4-9-26(29)33(39)44-3)27(36)10-6-12-30(37)34-15-7-8-24(16-22)32(28)43-2/h4-5,9,11,16,18,23,25,27H,6-8,10,12-15,17,19-21H2,1-3H3,(H,34,37)/t23-,25+,27-/m0/s1. The summed E-state index contributed by atoms with van der Waals surface area (Å²) < 4.78 is 45.4. The molecule has 5 rings (SSSR count). The van der Waals surface area contributed by atoms with Crippen LogP contribution >= 0.6 is 0 Å². The van der Waals surface area contributed by atoms with Crippen molar-refractivity contribution in [3.05, 3.63) is 53.1 Å². The van der Waals surface area contributed by atoms with Gasteiger partial charge in [0, 0.05) is 45.1 Å². The fourth-order valence-electron chi connectivity index (χ4n) is 7.16. The molecule has 3 atom stereocenters. The molecule has 0 spiro atoms. The number of hydrogen-bond acceptors (Lipinski definition) is 8. The first kappa shape index (κ1) is 32.7. The molecule has 0 unspecified atom stereocenters. The minimum absolute atomic E-state index is 0.00146. The molecule has 45 heavy (non-hydrogen) atoms. The van der Waals surface area contributed by atoms with Gasteiger partial charge in [0.05, 0.1) is 31.8 Å². The molecular weight excluding hydrogens is 598 g/mol. The van der Waals surface area contributed by atoms with Gasteiger partial charge in [0.2, 0.25) is 21.8 Å². The van der Waals surface area contributed by atoms with Crippen molar-refractivity contribution < 1.29 is 37.0 Å². The molecule has 2 saturated heterocycles. The summed E-state index contributed by atoms with van der Waals surface area (Å²) in [5, 5.41) is 3.01. The molecule has 2 amide bonds. The third-order valence-corrected chi connectivity index (χ3v) is 11.1. The van der Waals surface area contributed by atoms with Gasteiger partial charge >= 0.3 is 5.97 Å². The summed E-state index contributed by atoms with van der Waals surface area (Å²) in [5.41, 5.74) is 1.95. The lowest BCUT2D eigenvalue weighted by atomic mass is 9.78. The van der Waals surface area contributed by atoms with Gasteiger partial charge in [0.25, 0.3) is 0 Å². The lowest BCUT2D eigenvalue weighted by Gasteiger charge is -2.50. The number of sulfonamides is 1. The van der Waals surface area contributed by atoms with Gasteiger partial charge in [-0.1, -0.05) is 18.2 Å². The van der Waals surface area contributed by atoms with Crippen LogP contribution in [0.4, 0.5) is 0 Å². The summed E-state index contributed by atoms with van der Waals surface area (Å²) in [5.74, 6) is 0.400. The maximum Gasteiger partial charge on any atom is 0.339 e. The van der Waals surface area contributed by atoms with E-state index in [0.29, 0.717) is 63.1 Å². The molecule has 0 aromatic heterocycles. The molecule has 0 aliphatic carbocycles. The van der Waals surface area contributed by atoms with Gasteiger partial charge in [0.15, 0.2) is 11.5 Å². The van der Waals surface area contributed by atoms with E-state index < -0.39 is 16.0 Å². The van der Waals surface area contributed by atoms with Crippen molar-refractivity contribution in [3.8, 4) is 11.5 Å². The molecule has 12 heteroatoms. The van der Waals surface area contributed by atoms with Crippen LogP contribution < -0.4 is 14.8 Å². The Balaban J connectivity index is 1.41. The van der Waals surface area contributed by atoms with Crippen LogP contribution in [0.5, 0.6) is 11.5 Å². The minimum atomic E-state index is -4.01. The van der Waals surface area contributed by atoms with Crippen LogP contribution in [-0.4, -0.2) is 89.0 Å². The van der Waals surface area contributed by atoms with E-state index in [2.05, 4.69) is 11.4 Å². The average molecular weight is 642 g/mol. The van der Waals surface area contributed by atoms with E-state index in [1.807, 2.05) is 11.0 Å².